The molecule has 2 rings (SSSR count). The summed E-state index contributed by atoms with van der Waals surface area (Å²) in [7, 11) is 2.01. The number of likely N-dealkylation sites (N-methyl/N-ethyl adjacent to an activating group) is 1. The van der Waals surface area contributed by atoms with E-state index in [1.807, 2.05) is 19.2 Å². The summed E-state index contributed by atoms with van der Waals surface area (Å²) in [4.78, 5) is 2.11. The number of fused-ring (bicyclic) bond motifs is 1. The number of nitrogens with zero attached hydrogens (tertiary/aromatic N) is 1. The van der Waals surface area contributed by atoms with Crippen LogP contribution in [0.4, 0.5) is 5.69 Å². The second-order valence-corrected chi connectivity index (χ2v) is 2.66. The summed E-state index contributed by atoms with van der Waals surface area (Å²) in [5, 5.41) is 0. The molecule has 0 bridgehead atoms. The van der Waals surface area contributed by atoms with Crippen LogP contribution in [0.15, 0.2) is 24.2 Å². The Morgan fingerprint density at radius 3 is 3.45 bits per heavy atom. The van der Waals surface area contributed by atoms with Crippen LogP contribution in [0, 0.1) is 0 Å². The molecule has 2 heteroatoms. The summed E-state index contributed by atoms with van der Waals surface area (Å²) in [6.07, 6.45) is 0. The Morgan fingerprint density at radius 2 is 2.55 bits per heavy atom. The largest absolute Gasteiger partial charge is 0.490 e. The highest BCUT2D eigenvalue weighted by atomic mass is 16.5. The van der Waals surface area contributed by atoms with E-state index < -0.39 is 0 Å². The summed E-state index contributed by atoms with van der Waals surface area (Å²) in [5.41, 5.74) is 1.02. The van der Waals surface area contributed by atoms with E-state index in [0.29, 0.717) is 6.04 Å². The van der Waals surface area contributed by atoms with Crippen molar-refractivity contribution in [2.75, 3.05) is 25.1 Å². The minimum Gasteiger partial charge on any atom is -0.490 e. The molecule has 1 aromatic rings. The SMILES string of the molecule is [2H]c1ccc2c(c1)N(C)CCO2. The van der Waals surface area contributed by atoms with Crippen LogP contribution in [0.3, 0.4) is 0 Å². The number of rotatable bonds is 0. The smallest absolute Gasteiger partial charge is 0.142 e. The van der Waals surface area contributed by atoms with Crippen molar-refractivity contribution in [2.24, 2.45) is 0 Å². The van der Waals surface area contributed by atoms with E-state index in [1.54, 1.807) is 6.07 Å². The first-order valence-corrected chi connectivity index (χ1v) is 3.72. The number of benzene rings is 1. The highest BCUT2D eigenvalue weighted by Crippen LogP contribution is 2.29. The number of hydrogen-bond donors (Lipinski definition) is 0. The molecule has 0 atom stereocenters. The van der Waals surface area contributed by atoms with E-state index in [0.717, 1.165) is 24.6 Å². The summed E-state index contributed by atoms with van der Waals surface area (Å²) >= 11 is 0. The number of ether oxygens (including phenoxy) is 1. The Bertz CT molecular complexity index is 301. The van der Waals surface area contributed by atoms with Crippen molar-refractivity contribution in [1.82, 2.24) is 0 Å². The van der Waals surface area contributed by atoms with Crippen LogP contribution in [0.1, 0.15) is 1.37 Å². The third-order valence-corrected chi connectivity index (χ3v) is 1.90. The van der Waals surface area contributed by atoms with Gasteiger partial charge in [0.1, 0.15) is 12.4 Å². The fourth-order valence-corrected chi connectivity index (χ4v) is 1.24. The maximum atomic E-state index is 7.44. The normalized spacial score (nSPS) is 16.8. The van der Waals surface area contributed by atoms with Gasteiger partial charge in [-0.25, -0.2) is 0 Å². The van der Waals surface area contributed by atoms with Crippen molar-refractivity contribution in [3.05, 3.63) is 24.2 Å². The quantitative estimate of drug-likeness (QED) is 0.556. The standard InChI is InChI=1S/C9H11NO/c1-10-6-7-11-9-5-3-2-4-8(9)10/h2-5H,6-7H2,1H3/i2D. The second-order valence-electron chi connectivity index (χ2n) is 2.66. The molecule has 0 saturated carbocycles. The van der Waals surface area contributed by atoms with Gasteiger partial charge in [0.2, 0.25) is 0 Å². The molecule has 0 spiro atoms. The van der Waals surface area contributed by atoms with Gasteiger partial charge in [0.05, 0.1) is 13.6 Å². The molecule has 0 unspecified atom stereocenters. The van der Waals surface area contributed by atoms with E-state index in [4.69, 9.17) is 6.11 Å². The van der Waals surface area contributed by atoms with Crippen LogP contribution < -0.4 is 9.64 Å². The summed E-state index contributed by atoms with van der Waals surface area (Å²) in [6.45, 7) is 1.64. The molecule has 0 N–H and O–H groups in total. The van der Waals surface area contributed by atoms with Crippen molar-refractivity contribution >= 4 is 5.69 Å². The van der Waals surface area contributed by atoms with Crippen molar-refractivity contribution in [1.29, 1.82) is 0 Å². The van der Waals surface area contributed by atoms with E-state index in [9.17, 15) is 0 Å². The molecule has 11 heavy (non-hydrogen) atoms. The summed E-state index contributed by atoms with van der Waals surface area (Å²) < 4.78 is 12.9. The molecule has 2 nitrogen and oxygen atoms in total. The maximum absolute atomic E-state index is 7.44. The molecule has 0 fully saturated rings. The molecule has 0 radical (unpaired) electrons. The van der Waals surface area contributed by atoms with Gasteiger partial charge in [-0.2, -0.15) is 0 Å². The second kappa shape index (κ2) is 2.46. The lowest BCUT2D eigenvalue weighted by Gasteiger charge is -2.27. The van der Waals surface area contributed by atoms with Crippen molar-refractivity contribution in [3.8, 4) is 5.75 Å². The van der Waals surface area contributed by atoms with Gasteiger partial charge in [0, 0.05) is 7.05 Å². The maximum Gasteiger partial charge on any atom is 0.142 e. The third kappa shape index (κ3) is 1.04. The van der Waals surface area contributed by atoms with E-state index in [2.05, 4.69) is 4.90 Å². The Morgan fingerprint density at radius 1 is 1.64 bits per heavy atom. The Labute approximate surface area is 67.8 Å². The molecule has 1 aromatic carbocycles. The van der Waals surface area contributed by atoms with Gasteiger partial charge < -0.3 is 9.64 Å². The highest BCUT2D eigenvalue weighted by molar-refractivity contribution is 5.58. The highest BCUT2D eigenvalue weighted by Gasteiger charge is 2.12. The molecule has 58 valence electrons. The minimum atomic E-state index is 0.533. The molecular formula is C9H11NO. The Balaban J connectivity index is 2.47. The van der Waals surface area contributed by atoms with Crippen LogP contribution in [0.25, 0.3) is 0 Å². The van der Waals surface area contributed by atoms with Crippen molar-refractivity contribution in [3.63, 3.8) is 0 Å². The fraction of sp³-hybridized carbons (Fsp3) is 0.333. The minimum absolute atomic E-state index is 0.533. The van der Waals surface area contributed by atoms with Crippen LogP contribution in [0.5, 0.6) is 5.75 Å². The van der Waals surface area contributed by atoms with Crippen LogP contribution >= 0.6 is 0 Å². The van der Waals surface area contributed by atoms with Crippen molar-refractivity contribution in [2.45, 2.75) is 0 Å². The lowest BCUT2D eigenvalue weighted by molar-refractivity contribution is 0.311. The van der Waals surface area contributed by atoms with Crippen molar-refractivity contribution < 1.29 is 6.11 Å². The molecule has 0 aromatic heterocycles. The number of anilines is 1. The zero-order chi connectivity index (χ0) is 8.55. The van der Waals surface area contributed by atoms with Gasteiger partial charge >= 0.3 is 0 Å². The zero-order valence-electron chi connectivity index (χ0n) is 7.50. The lowest BCUT2D eigenvalue weighted by Crippen LogP contribution is -2.28. The van der Waals surface area contributed by atoms with E-state index >= 15 is 0 Å². The summed E-state index contributed by atoms with van der Waals surface area (Å²) in [6, 6.07) is 5.96. The first-order valence-electron chi connectivity index (χ1n) is 4.22. The lowest BCUT2D eigenvalue weighted by atomic mass is 10.2. The van der Waals surface area contributed by atoms with Crippen LogP contribution in [-0.4, -0.2) is 20.2 Å². The molecule has 1 aliphatic heterocycles. The third-order valence-electron chi connectivity index (χ3n) is 1.90. The van der Waals surface area contributed by atoms with Gasteiger partial charge in [-0.15, -0.1) is 0 Å². The van der Waals surface area contributed by atoms with E-state index in [1.165, 1.54) is 0 Å². The molecule has 0 saturated heterocycles. The van der Waals surface area contributed by atoms with Crippen LogP contribution in [0.2, 0.25) is 0 Å². The molecule has 0 amide bonds. The van der Waals surface area contributed by atoms with Gasteiger partial charge in [-0.05, 0) is 12.1 Å². The molecular weight excluding hydrogens is 138 g/mol. The average molecular weight is 150 g/mol. The summed E-state index contributed by atoms with van der Waals surface area (Å²) in [5.74, 6) is 0.889. The predicted octanol–water partition coefficient (Wildman–Crippen LogP) is 1.52. The number of para-hydroxylation sites is 2. The molecule has 1 aliphatic rings. The average Bonchev–Trinajstić information content (AvgIpc) is 2.07. The Hall–Kier alpha value is -1.18. The van der Waals surface area contributed by atoms with Gasteiger partial charge in [-0.1, -0.05) is 12.1 Å². The monoisotopic (exact) mass is 150 g/mol. The number of hydrogen-bond acceptors (Lipinski definition) is 2. The first-order chi connectivity index (χ1) is 5.77. The van der Waals surface area contributed by atoms with E-state index in [-0.39, 0.29) is 0 Å². The van der Waals surface area contributed by atoms with Gasteiger partial charge in [0.15, 0.2) is 0 Å². The molecule has 1 heterocycles. The topological polar surface area (TPSA) is 12.5 Å². The fourth-order valence-electron chi connectivity index (χ4n) is 1.24. The van der Waals surface area contributed by atoms with Gasteiger partial charge in [-0.3, -0.25) is 0 Å². The molecule has 0 aliphatic carbocycles. The van der Waals surface area contributed by atoms with Gasteiger partial charge in [0.25, 0.3) is 0 Å². The Kier molecular flexibility index (Phi) is 1.22. The zero-order valence-corrected chi connectivity index (χ0v) is 6.50. The predicted molar refractivity (Wildman–Crippen MR) is 45.2 cm³/mol. The van der Waals surface area contributed by atoms with Crippen LogP contribution in [-0.2, 0) is 0 Å². The first kappa shape index (κ1) is 5.47.